The largest absolute Gasteiger partial charge is 0.368 e. The second-order valence-corrected chi connectivity index (χ2v) is 5.39. The number of nitrogens with two attached hydrogens (primary N) is 1. The molecule has 5 heteroatoms. The number of hydrogen-bond donors (Lipinski definition) is 1. The Hall–Kier alpha value is -2.14. The quantitative estimate of drug-likeness (QED) is 0.911. The third-order valence-corrected chi connectivity index (χ3v) is 3.92. The first-order chi connectivity index (χ1) is 9.91. The third kappa shape index (κ3) is 3.13. The van der Waals surface area contributed by atoms with Gasteiger partial charge in [0.05, 0.1) is 17.4 Å². The number of likely N-dealkylation sites (N-methyl/N-ethyl adjacent to an activating group) is 1. The highest BCUT2D eigenvalue weighted by Crippen LogP contribution is 2.19. The zero-order chi connectivity index (χ0) is 15.6. The van der Waals surface area contributed by atoms with E-state index < -0.39 is 0 Å². The van der Waals surface area contributed by atoms with E-state index >= 15 is 0 Å². The number of aryl methyl sites for hydroxylation is 1. The maximum absolute atomic E-state index is 11.3. The van der Waals surface area contributed by atoms with E-state index in [-0.39, 0.29) is 11.9 Å². The standard InChI is InChI=1S/C16H22N4O/c1-11-15(10-19(4)13(3)16(17)21)12(2)20(18-11)14-8-6-5-7-9-14/h5-9,13H,10H2,1-4H3,(H2,17,21)/t13-/m0/s1. The number of primary amides is 1. The second kappa shape index (κ2) is 6.10. The number of amides is 1. The number of rotatable bonds is 5. The Morgan fingerprint density at radius 3 is 2.52 bits per heavy atom. The second-order valence-electron chi connectivity index (χ2n) is 5.39. The van der Waals surface area contributed by atoms with Crippen molar-refractivity contribution in [1.82, 2.24) is 14.7 Å². The molecule has 0 spiro atoms. The van der Waals surface area contributed by atoms with Crippen molar-refractivity contribution in [2.75, 3.05) is 7.05 Å². The first-order valence-electron chi connectivity index (χ1n) is 7.02. The number of aromatic nitrogens is 2. The lowest BCUT2D eigenvalue weighted by Crippen LogP contribution is -2.39. The van der Waals surface area contributed by atoms with Crippen molar-refractivity contribution in [2.24, 2.45) is 5.73 Å². The lowest BCUT2D eigenvalue weighted by atomic mass is 10.1. The lowest BCUT2D eigenvalue weighted by molar-refractivity contribution is -0.122. The van der Waals surface area contributed by atoms with Crippen LogP contribution in [0, 0.1) is 13.8 Å². The summed E-state index contributed by atoms with van der Waals surface area (Å²) >= 11 is 0. The van der Waals surface area contributed by atoms with Gasteiger partial charge in [-0.05, 0) is 40.0 Å². The first-order valence-corrected chi connectivity index (χ1v) is 7.02. The first kappa shape index (κ1) is 15.3. The van der Waals surface area contributed by atoms with Gasteiger partial charge in [0.2, 0.25) is 5.91 Å². The molecule has 0 radical (unpaired) electrons. The molecule has 0 saturated heterocycles. The number of hydrogen-bond acceptors (Lipinski definition) is 3. The summed E-state index contributed by atoms with van der Waals surface area (Å²) < 4.78 is 1.94. The summed E-state index contributed by atoms with van der Waals surface area (Å²) in [5.74, 6) is -0.316. The van der Waals surface area contributed by atoms with E-state index in [9.17, 15) is 4.79 Å². The zero-order valence-corrected chi connectivity index (χ0v) is 13.0. The normalized spacial score (nSPS) is 12.6. The van der Waals surface area contributed by atoms with Gasteiger partial charge in [0.25, 0.3) is 0 Å². The van der Waals surface area contributed by atoms with Gasteiger partial charge >= 0.3 is 0 Å². The molecule has 2 rings (SSSR count). The molecule has 0 saturated carbocycles. The van der Waals surface area contributed by atoms with Gasteiger partial charge in [-0.15, -0.1) is 0 Å². The summed E-state index contributed by atoms with van der Waals surface area (Å²) in [6.45, 7) is 6.50. The average Bonchev–Trinajstić information content (AvgIpc) is 2.75. The maximum Gasteiger partial charge on any atom is 0.234 e. The van der Waals surface area contributed by atoms with Gasteiger partial charge < -0.3 is 5.73 Å². The molecule has 2 N–H and O–H groups in total. The molecule has 1 aromatic heterocycles. The van der Waals surface area contributed by atoms with Gasteiger partial charge in [-0.1, -0.05) is 18.2 Å². The predicted octanol–water partition coefficient (Wildman–Crippen LogP) is 1.79. The Balaban J connectivity index is 2.30. The Labute approximate surface area is 125 Å². The molecule has 0 aliphatic rings. The van der Waals surface area contributed by atoms with E-state index in [1.165, 1.54) is 0 Å². The fraction of sp³-hybridized carbons (Fsp3) is 0.375. The highest BCUT2D eigenvalue weighted by atomic mass is 16.1. The van der Waals surface area contributed by atoms with Crippen LogP contribution in [0.4, 0.5) is 0 Å². The minimum atomic E-state index is -0.316. The molecule has 2 aromatic rings. The number of para-hydroxylation sites is 1. The van der Waals surface area contributed by atoms with Crippen molar-refractivity contribution in [3.05, 3.63) is 47.3 Å². The van der Waals surface area contributed by atoms with Gasteiger partial charge in [-0.2, -0.15) is 5.10 Å². The summed E-state index contributed by atoms with van der Waals surface area (Å²) in [5, 5.41) is 4.61. The van der Waals surface area contributed by atoms with Crippen molar-refractivity contribution >= 4 is 5.91 Å². The number of carbonyl (C=O) groups excluding carboxylic acids is 1. The van der Waals surface area contributed by atoms with Crippen LogP contribution in [-0.2, 0) is 11.3 Å². The summed E-state index contributed by atoms with van der Waals surface area (Å²) in [4.78, 5) is 13.2. The summed E-state index contributed by atoms with van der Waals surface area (Å²) in [6.07, 6.45) is 0. The fourth-order valence-electron chi connectivity index (χ4n) is 2.33. The molecule has 0 fully saturated rings. The molecule has 1 heterocycles. The van der Waals surface area contributed by atoms with Gasteiger partial charge in [0.1, 0.15) is 0 Å². The van der Waals surface area contributed by atoms with E-state index in [1.54, 1.807) is 0 Å². The van der Waals surface area contributed by atoms with Crippen LogP contribution in [0.2, 0.25) is 0 Å². The Morgan fingerprint density at radius 1 is 1.33 bits per heavy atom. The smallest absolute Gasteiger partial charge is 0.234 e. The lowest BCUT2D eigenvalue weighted by Gasteiger charge is -2.22. The topological polar surface area (TPSA) is 64.2 Å². The van der Waals surface area contributed by atoms with Crippen molar-refractivity contribution in [2.45, 2.75) is 33.4 Å². The fourth-order valence-corrected chi connectivity index (χ4v) is 2.33. The summed E-state index contributed by atoms with van der Waals surface area (Å²) in [7, 11) is 1.90. The average molecular weight is 286 g/mol. The Bertz CT molecular complexity index is 633. The molecule has 1 atom stereocenters. The van der Waals surface area contributed by atoms with E-state index in [2.05, 4.69) is 5.10 Å². The van der Waals surface area contributed by atoms with Crippen molar-refractivity contribution < 1.29 is 4.79 Å². The van der Waals surface area contributed by atoms with Gasteiger partial charge in [-0.3, -0.25) is 9.69 Å². The third-order valence-electron chi connectivity index (χ3n) is 3.92. The van der Waals surface area contributed by atoms with Gasteiger partial charge in [-0.25, -0.2) is 4.68 Å². The van der Waals surface area contributed by atoms with Crippen LogP contribution >= 0.6 is 0 Å². The molecule has 0 aliphatic heterocycles. The maximum atomic E-state index is 11.3. The van der Waals surface area contributed by atoms with Crippen LogP contribution in [0.3, 0.4) is 0 Å². The molecule has 21 heavy (non-hydrogen) atoms. The Morgan fingerprint density at radius 2 is 1.95 bits per heavy atom. The zero-order valence-electron chi connectivity index (χ0n) is 13.0. The van der Waals surface area contributed by atoms with Crippen LogP contribution in [0.1, 0.15) is 23.9 Å². The summed E-state index contributed by atoms with van der Waals surface area (Å²) in [6, 6.07) is 9.72. The van der Waals surface area contributed by atoms with Crippen LogP contribution in [0.5, 0.6) is 0 Å². The molecule has 5 nitrogen and oxygen atoms in total. The van der Waals surface area contributed by atoms with Gasteiger partial charge in [0, 0.05) is 17.8 Å². The molecule has 0 bridgehead atoms. The molecule has 0 unspecified atom stereocenters. The molecule has 0 aliphatic carbocycles. The SMILES string of the molecule is Cc1nn(-c2ccccc2)c(C)c1CN(C)[C@@H](C)C(N)=O. The minimum Gasteiger partial charge on any atom is -0.368 e. The monoisotopic (exact) mass is 286 g/mol. The molecule has 112 valence electrons. The molecule has 1 aromatic carbocycles. The van der Waals surface area contributed by atoms with Crippen molar-refractivity contribution in [3.63, 3.8) is 0 Å². The number of carbonyl (C=O) groups is 1. The molecular formula is C16H22N4O. The van der Waals surface area contributed by atoms with E-state index in [1.807, 2.05) is 67.7 Å². The highest BCUT2D eigenvalue weighted by Gasteiger charge is 2.19. The van der Waals surface area contributed by atoms with E-state index in [0.717, 1.165) is 22.6 Å². The van der Waals surface area contributed by atoms with Crippen molar-refractivity contribution in [3.8, 4) is 5.69 Å². The Kier molecular flexibility index (Phi) is 4.43. The van der Waals surface area contributed by atoms with Crippen molar-refractivity contribution in [1.29, 1.82) is 0 Å². The highest BCUT2D eigenvalue weighted by molar-refractivity contribution is 5.79. The van der Waals surface area contributed by atoms with Crippen LogP contribution < -0.4 is 5.73 Å². The van der Waals surface area contributed by atoms with E-state index in [0.29, 0.717) is 6.54 Å². The predicted molar refractivity (Wildman–Crippen MR) is 83.2 cm³/mol. The summed E-state index contributed by atoms with van der Waals surface area (Å²) in [5.41, 5.74) is 9.59. The van der Waals surface area contributed by atoms with Crippen LogP contribution in [-0.4, -0.2) is 33.7 Å². The number of benzene rings is 1. The molecule has 1 amide bonds. The van der Waals surface area contributed by atoms with Gasteiger partial charge in [0.15, 0.2) is 0 Å². The minimum absolute atomic E-state index is 0.302. The van der Waals surface area contributed by atoms with E-state index in [4.69, 9.17) is 5.73 Å². The number of nitrogens with zero attached hydrogens (tertiary/aromatic N) is 3. The molecular weight excluding hydrogens is 264 g/mol. The van der Waals surface area contributed by atoms with Crippen LogP contribution in [0.15, 0.2) is 30.3 Å². The van der Waals surface area contributed by atoms with Crippen LogP contribution in [0.25, 0.3) is 5.69 Å².